The number of benzene rings is 2. The first-order valence-electron chi connectivity index (χ1n) is 7.24. The van der Waals surface area contributed by atoms with Crippen molar-refractivity contribution in [3.63, 3.8) is 0 Å². The molecule has 6 nitrogen and oxygen atoms in total. The molecule has 25 heavy (non-hydrogen) atoms. The van der Waals surface area contributed by atoms with E-state index in [2.05, 4.69) is 31.8 Å². The lowest BCUT2D eigenvalue weighted by Gasteiger charge is -2.07. The van der Waals surface area contributed by atoms with Gasteiger partial charge in [0.05, 0.1) is 15.1 Å². The molecule has 0 unspecified atom stereocenters. The Balaban J connectivity index is 1.65. The highest BCUT2D eigenvalue weighted by atomic mass is 79.9. The summed E-state index contributed by atoms with van der Waals surface area (Å²) in [6.45, 7) is 1.86. The fourth-order valence-electron chi connectivity index (χ4n) is 2.13. The van der Waals surface area contributed by atoms with Crippen LogP contribution in [0.2, 0.25) is 0 Å². The van der Waals surface area contributed by atoms with Gasteiger partial charge in [-0.25, -0.2) is 13.4 Å². The summed E-state index contributed by atoms with van der Waals surface area (Å²) < 4.78 is 26.3. The van der Waals surface area contributed by atoms with Gasteiger partial charge in [0.2, 0.25) is 5.13 Å². The molecule has 0 radical (unpaired) electrons. The average Bonchev–Trinajstić information content (AvgIpc) is 2.97. The van der Waals surface area contributed by atoms with Crippen LogP contribution in [0.3, 0.4) is 0 Å². The number of hydrazine groups is 1. The van der Waals surface area contributed by atoms with Crippen molar-refractivity contribution in [3.05, 3.63) is 52.5 Å². The molecule has 0 saturated heterocycles. The highest BCUT2D eigenvalue weighted by Gasteiger charge is 2.19. The number of halogens is 1. The van der Waals surface area contributed by atoms with Gasteiger partial charge in [-0.3, -0.25) is 15.6 Å². The minimum Gasteiger partial charge on any atom is -0.273 e. The number of thiazole rings is 1. The van der Waals surface area contributed by atoms with E-state index in [1.165, 1.54) is 23.5 Å². The molecule has 3 rings (SSSR count). The number of aryl methyl sites for hydroxylation is 1. The fourth-order valence-corrected chi connectivity index (χ4v) is 4.70. The van der Waals surface area contributed by atoms with Gasteiger partial charge in [-0.05, 0) is 47.1 Å². The van der Waals surface area contributed by atoms with Crippen molar-refractivity contribution in [1.29, 1.82) is 0 Å². The molecule has 0 atom stereocenters. The van der Waals surface area contributed by atoms with Crippen LogP contribution in [0.1, 0.15) is 5.56 Å². The van der Waals surface area contributed by atoms with Gasteiger partial charge in [-0.1, -0.05) is 35.1 Å². The summed E-state index contributed by atoms with van der Waals surface area (Å²) in [5.41, 5.74) is 6.77. The number of anilines is 1. The summed E-state index contributed by atoms with van der Waals surface area (Å²) in [7, 11) is -3.69. The number of carbonyl (C=O) groups excluding carboxylic acids is 1. The zero-order valence-electron chi connectivity index (χ0n) is 13.1. The Morgan fingerprint density at radius 1 is 1.20 bits per heavy atom. The number of nitrogens with one attached hydrogen (secondary N) is 2. The fraction of sp³-hybridized carbons (Fsp3) is 0.125. The molecule has 2 N–H and O–H groups in total. The number of amides is 1. The number of fused-ring (bicyclic) bond motifs is 1. The van der Waals surface area contributed by atoms with Crippen molar-refractivity contribution < 1.29 is 13.2 Å². The van der Waals surface area contributed by atoms with E-state index in [0.717, 1.165) is 20.3 Å². The lowest BCUT2D eigenvalue weighted by Crippen LogP contribution is -2.34. The van der Waals surface area contributed by atoms with Crippen LogP contribution in [0.4, 0.5) is 5.13 Å². The van der Waals surface area contributed by atoms with E-state index in [1.807, 2.05) is 25.1 Å². The molecule has 130 valence electrons. The third kappa shape index (κ3) is 4.17. The molecule has 0 aliphatic rings. The largest absolute Gasteiger partial charge is 0.273 e. The summed E-state index contributed by atoms with van der Waals surface area (Å²) in [6.07, 6.45) is 0. The number of nitrogens with zero attached hydrogens (tertiary/aromatic N) is 1. The molecule has 0 fully saturated rings. The van der Waals surface area contributed by atoms with Crippen LogP contribution in [0.5, 0.6) is 0 Å². The van der Waals surface area contributed by atoms with E-state index < -0.39 is 21.5 Å². The maximum atomic E-state index is 12.2. The minimum atomic E-state index is -3.69. The van der Waals surface area contributed by atoms with E-state index in [0.29, 0.717) is 5.13 Å². The van der Waals surface area contributed by atoms with Gasteiger partial charge in [-0.2, -0.15) is 0 Å². The molecule has 1 heterocycles. The number of hydrogen-bond acceptors (Lipinski definition) is 6. The predicted molar refractivity (Wildman–Crippen MR) is 102 cm³/mol. The molecule has 9 heteroatoms. The van der Waals surface area contributed by atoms with Crippen molar-refractivity contribution in [2.24, 2.45) is 0 Å². The Kier molecular flexibility index (Phi) is 5.07. The zero-order valence-corrected chi connectivity index (χ0v) is 16.3. The van der Waals surface area contributed by atoms with Crippen LogP contribution >= 0.6 is 27.3 Å². The van der Waals surface area contributed by atoms with E-state index in [1.54, 1.807) is 12.1 Å². The number of sulfone groups is 1. The Morgan fingerprint density at radius 2 is 1.92 bits per heavy atom. The summed E-state index contributed by atoms with van der Waals surface area (Å²) >= 11 is 4.76. The molecular weight excluding hydrogens is 426 g/mol. The predicted octanol–water partition coefficient (Wildman–Crippen LogP) is 3.28. The maximum absolute atomic E-state index is 12.2. The summed E-state index contributed by atoms with van der Waals surface area (Å²) in [6, 6.07) is 12.1. The first-order chi connectivity index (χ1) is 11.8. The Bertz CT molecular complexity index is 1030. The molecule has 0 spiro atoms. The zero-order chi connectivity index (χ0) is 18.0. The third-order valence-corrected chi connectivity index (χ3v) is 6.59. The monoisotopic (exact) mass is 439 g/mol. The van der Waals surface area contributed by atoms with Gasteiger partial charge >= 0.3 is 0 Å². The van der Waals surface area contributed by atoms with Gasteiger partial charge in [0.1, 0.15) is 5.75 Å². The summed E-state index contributed by atoms with van der Waals surface area (Å²) in [5, 5.41) is 0.475. The number of rotatable bonds is 5. The Hall–Kier alpha value is -1.97. The number of carbonyl (C=O) groups is 1. The smallest absolute Gasteiger partial charge is 0.253 e. The molecule has 0 bridgehead atoms. The van der Waals surface area contributed by atoms with Gasteiger partial charge in [0, 0.05) is 4.47 Å². The number of aromatic nitrogens is 1. The van der Waals surface area contributed by atoms with Crippen molar-refractivity contribution in [2.75, 3.05) is 11.2 Å². The van der Waals surface area contributed by atoms with E-state index >= 15 is 0 Å². The SMILES string of the molecule is Cc1ccc(S(=O)(=O)CC(=O)NNc2nc3c(Br)cccc3s2)cc1. The molecule has 3 aromatic rings. The van der Waals surface area contributed by atoms with Crippen LogP contribution in [-0.2, 0) is 14.6 Å². The van der Waals surface area contributed by atoms with Gasteiger partial charge < -0.3 is 0 Å². The van der Waals surface area contributed by atoms with Crippen molar-refractivity contribution in [1.82, 2.24) is 10.4 Å². The van der Waals surface area contributed by atoms with Gasteiger partial charge in [0.15, 0.2) is 9.84 Å². The van der Waals surface area contributed by atoms with Crippen LogP contribution < -0.4 is 10.9 Å². The molecule has 0 aliphatic heterocycles. The molecule has 1 amide bonds. The van der Waals surface area contributed by atoms with Crippen LogP contribution in [0.15, 0.2) is 51.8 Å². The maximum Gasteiger partial charge on any atom is 0.253 e. The number of para-hydroxylation sites is 1. The molecule has 0 aliphatic carbocycles. The Morgan fingerprint density at radius 3 is 2.60 bits per heavy atom. The lowest BCUT2D eigenvalue weighted by atomic mass is 10.2. The van der Waals surface area contributed by atoms with E-state index in [-0.39, 0.29) is 4.90 Å². The van der Waals surface area contributed by atoms with Crippen LogP contribution in [0.25, 0.3) is 10.2 Å². The lowest BCUT2D eigenvalue weighted by molar-refractivity contribution is -0.118. The second-order valence-electron chi connectivity index (χ2n) is 5.35. The van der Waals surface area contributed by atoms with Crippen LogP contribution in [-0.4, -0.2) is 25.1 Å². The first-order valence-corrected chi connectivity index (χ1v) is 10.5. The normalized spacial score (nSPS) is 11.4. The summed E-state index contributed by atoms with van der Waals surface area (Å²) in [4.78, 5) is 16.4. The van der Waals surface area contributed by atoms with Crippen molar-refractivity contribution in [2.45, 2.75) is 11.8 Å². The highest BCUT2D eigenvalue weighted by molar-refractivity contribution is 9.10. The molecular formula is C16H14BrN3O3S2. The second-order valence-corrected chi connectivity index (χ2v) is 9.23. The topological polar surface area (TPSA) is 88.2 Å². The quantitative estimate of drug-likeness (QED) is 0.595. The summed E-state index contributed by atoms with van der Waals surface area (Å²) in [5.74, 6) is -1.30. The molecule has 0 saturated carbocycles. The minimum absolute atomic E-state index is 0.122. The second kappa shape index (κ2) is 7.11. The van der Waals surface area contributed by atoms with Crippen molar-refractivity contribution in [3.8, 4) is 0 Å². The van der Waals surface area contributed by atoms with Crippen LogP contribution in [0, 0.1) is 6.92 Å². The van der Waals surface area contributed by atoms with E-state index in [9.17, 15) is 13.2 Å². The number of hydrogen-bond donors (Lipinski definition) is 2. The van der Waals surface area contributed by atoms with E-state index in [4.69, 9.17) is 0 Å². The third-order valence-electron chi connectivity index (χ3n) is 3.38. The van der Waals surface area contributed by atoms with Gasteiger partial charge in [0.25, 0.3) is 5.91 Å². The molecule has 1 aromatic heterocycles. The Labute approximate surface area is 157 Å². The standard InChI is InChI=1S/C16H14BrN3O3S2/c1-10-5-7-11(8-6-10)25(22,23)9-14(21)19-20-16-18-15-12(17)3-2-4-13(15)24-16/h2-8H,9H2,1H3,(H,18,20)(H,19,21). The van der Waals surface area contributed by atoms with Gasteiger partial charge in [-0.15, -0.1) is 0 Å². The van der Waals surface area contributed by atoms with Crippen molar-refractivity contribution >= 4 is 58.4 Å². The molecule has 2 aromatic carbocycles. The first kappa shape index (κ1) is 17.8. The highest BCUT2D eigenvalue weighted by Crippen LogP contribution is 2.30. The average molecular weight is 440 g/mol.